The Kier molecular flexibility index (Phi) is 7.33. The number of phosphoric ester groups is 1. The summed E-state index contributed by atoms with van der Waals surface area (Å²) in [4.78, 5) is 20.7. The summed E-state index contributed by atoms with van der Waals surface area (Å²) < 4.78 is 14.6. The maximum Gasteiger partial charge on any atom is 4.00 e. The number of rotatable bonds is 3. The van der Waals surface area contributed by atoms with Crippen molar-refractivity contribution in [3.63, 3.8) is 0 Å². The molecule has 0 amide bonds. The van der Waals surface area contributed by atoms with E-state index in [2.05, 4.69) is 4.52 Å². The topological polar surface area (TPSA) is 72.4 Å². The Balaban J connectivity index is 0.000000344. The minimum absolute atomic E-state index is 0. The molecule has 0 heterocycles. The second-order valence-corrected chi connectivity index (χ2v) is 5.28. The Morgan fingerprint density at radius 2 is 1.50 bits per heavy atom. The van der Waals surface area contributed by atoms with Crippen molar-refractivity contribution in [1.82, 2.24) is 0 Å². The van der Waals surface area contributed by atoms with E-state index >= 15 is 0 Å². The van der Waals surface area contributed by atoms with Gasteiger partial charge >= 0.3 is 17.1 Å². The first-order valence-electron chi connectivity index (χ1n) is 6.25. The molecule has 4 nitrogen and oxygen atoms in total. The molecule has 0 aromatic heterocycles. The Hall–Kier alpha value is -1.61. The van der Waals surface area contributed by atoms with Gasteiger partial charge in [-0.2, -0.15) is 30.3 Å². The molecular formula is C16H13FeO4P. The fraction of sp³-hybridized carbons (Fsp3) is 0. The van der Waals surface area contributed by atoms with E-state index in [4.69, 9.17) is 0 Å². The Morgan fingerprint density at radius 1 is 0.955 bits per heavy atom. The van der Waals surface area contributed by atoms with Crippen LogP contribution in [-0.2, 0) is 21.6 Å². The third kappa shape index (κ3) is 6.44. The van der Waals surface area contributed by atoms with Crippen LogP contribution in [0, 0.1) is 0 Å². The van der Waals surface area contributed by atoms with Crippen LogP contribution in [0.5, 0.6) is 5.75 Å². The molecule has 3 aromatic rings. The first-order chi connectivity index (χ1) is 10.0. The molecule has 3 rings (SSSR count). The van der Waals surface area contributed by atoms with Crippen LogP contribution >= 0.6 is 7.82 Å². The maximum absolute atomic E-state index is 10.4. The number of benzene rings is 1. The van der Waals surface area contributed by atoms with Gasteiger partial charge in [-0.1, -0.05) is 17.7 Å². The number of hydrogen-bond donors (Lipinski definition) is 0. The Labute approximate surface area is 139 Å². The van der Waals surface area contributed by atoms with Crippen molar-refractivity contribution in [2.24, 2.45) is 0 Å². The zero-order valence-electron chi connectivity index (χ0n) is 11.4. The summed E-state index contributed by atoms with van der Waals surface area (Å²) in [5.74, 6) is 0.0311. The van der Waals surface area contributed by atoms with Crippen LogP contribution < -0.4 is 14.3 Å². The monoisotopic (exact) mass is 356 g/mol. The molecule has 114 valence electrons. The van der Waals surface area contributed by atoms with Crippen LogP contribution in [0.15, 0.2) is 78.9 Å². The summed E-state index contributed by atoms with van der Waals surface area (Å²) in [7, 11) is -4.96. The van der Waals surface area contributed by atoms with Crippen LogP contribution in [0.4, 0.5) is 0 Å². The van der Waals surface area contributed by atoms with Gasteiger partial charge in [-0.15, -0.1) is 29.8 Å². The fourth-order valence-corrected chi connectivity index (χ4v) is 2.10. The zero-order valence-corrected chi connectivity index (χ0v) is 13.4. The molecule has 0 atom stereocenters. The summed E-state index contributed by atoms with van der Waals surface area (Å²) in [6.45, 7) is 0. The van der Waals surface area contributed by atoms with Crippen LogP contribution in [0.3, 0.4) is 0 Å². The quantitative estimate of drug-likeness (QED) is 0.411. The summed E-state index contributed by atoms with van der Waals surface area (Å²) in [6.07, 6.45) is 0. The fourth-order valence-electron chi connectivity index (χ4n) is 1.72. The summed E-state index contributed by atoms with van der Waals surface area (Å²) in [5.41, 5.74) is 1.96. The van der Waals surface area contributed by atoms with Gasteiger partial charge in [-0.05, 0) is 0 Å². The summed E-state index contributed by atoms with van der Waals surface area (Å²) in [6, 6.07) is 24.0. The zero-order chi connectivity index (χ0) is 15.1. The van der Waals surface area contributed by atoms with Crippen molar-refractivity contribution in [2.45, 2.75) is 0 Å². The van der Waals surface area contributed by atoms with E-state index < -0.39 is 7.82 Å². The van der Waals surface area contributed by atoms with Crippen molar-refractivity contribution in [2.75, 3.05) is 0 Å². The molecule has 6 heteroatoms. The first-order valence-corrected chi connectivity index (χ1v) is 7.71. The molecule has 0 saturated heterocycles. The smallest absolute Gasteiger partial charge is 0.780 e. The molecule has 0 aliphatic carbocycles. The molecule has 0 spiro atoms. The molecular weight excluding hydrogens is 343 g/mol. The van der Waals surface area contributed by atoms with E-state index in [0.29, 0.717) is 0 Å². The first kappa shape index (κ1) is 18.4. The van der Waals surface area contributed by atoms with Gasteiger partial charge in [0.1, 0.15) is 13.6 Å². The number of hydrogen-bond acceptors (Lipinski definition) is 4. The third-order valence-electron chi connectivity index (χ3n) is 2.62. The van der Waals surface area contributed by atoms with Crippen LogP contribution in [-0.4, -0.2) is 0 Å². The standard InChI is InChI=1S/C11H10O4P.C5H5.Fe/c12-16(13,14)15-11-7-5-10(6-8-11)9-3-1-2-4-9;1-2-4-5-3-1;/h1-8H,(H2,12,13,14);1-5H;/q2*-1;+4/p-2. The Bertz CT molecular complexity index is 652. The van der Waals surface area contributed by atoms with Crippen LogP contribution in [0.25, 0.3) is 11.1 Å². The van der Waals surface area contributed by atoms with E-state index in [1.807, 2.05) is 54.6 Å². The summed E-state index contributed by atoms with van der Waals surface area (Å²) in [5, 5.41) is 0. The minimum atomic E-state index is -4.96. The largest absolute Gasteiger partial charge is 4.00 e. The minimum Gasteiger partial charge on any atom is -0.780 e. The van der Waals surface area contributed by atoms with Gasteiger partial charge in [-0.3, -0.25) is 0 Å². The van der Waals surface area contributed by atoms with Crippen molar-refractivity contribution >= 4 is 7.82 Å². The van der Waals surface area contributed by atoms with Crippen molar-refractivity contribution < 1.29 is 35.9 Å². The predicted molar refractivity (Wildman–Crippen MR) is 77.7 cm³/mol. The number of phosphoric acid groups is 1. The van der Waals surface area contributed by atoms with Gasteiger partial charge in [-0.25, -0.2) is 12.1 Å². The molecule has 0 saturated carbocycles. The predicted octanol–water partition coefficient (Wildman–Crippen LogP) is 2.68. The molecule has 0 N–H and O–H groups in total. The maximum atomic E-state index is 10.4. The van der Waals surface area contributed by atoms with Crippen molar-refractivity contribution in [3.8, 4) is 16.9 Å². The molecule has 0 unspecified atom stereocenters. The SMILES string of the molecule is O=P([O-])([O-])Oc1ccc(-[c-]2cccc2)cc1.[Fe+4].c1cc[cH-]c1. The molecule has 0 fully saturated rings. The molecule has 3 aromatic carbocycles. The molecule has 0 aliphatic rings. The third-order valence-corrected chi connectivity index (χ3v) is 3.06. The van der Waals surface area contributed by atoms with Gasteiger partial charge in [0.2, 0.25) is 0 Å². The second-order valence-electron chi connectivity index (χ2n) is 4.20. The van der Waals surface area contributed by atoms with Gasteiger partial charge in [0.25, 0.3) is 0 Å². The van der Waals surface area contributed by atoms with Gasteiger partial charge in [0, 0.05) is 0 Å². The average Bonchev–Trinajstić information content (AvgIpc) is 3.14. The van der Waals surface area contributed by atoms with E-state index in [1.165, 1.54) is 12.1 Å². The summed E-state index contributed by atoms with van der Waals surface area (Å²) >= 11 is 0. The van der Waals surface area contributed by atoms with E-state index in [-0.39, 0.29) is 22.8 Å². The van der Waals surface area contributed by atoms with E-state index in [0.717, 1.165) is 11.1 Å². The van der Waals surface area contributed by atoms with Gasteiger partial charge in [0.15, 0.2) is 0 Å². The van der Waals surface area contributed by atoms with E-state index in [9.17, 15) is 14.4 Å². The second kappa shape index (κ2) is 8.74. The van der Waals surface area contributed by atoms with Crippen molar-refractivity contribution in [3.05, 3.63) is 78.9 Å². The van der Waals surface area contributed by atoms with Crippen LogP contribution in [0.2, 0.25) is 0 Å². The molecule has 0 bridgehead atoms. The van der Waals surface area contributed by atoms with Gasteiger partial charge < -0.3 is 18.9 Å². The van der Waals surface area contributed by atoms with Crippen molar-refractivity contribution in [1.29, 1.82) is 0 Å². The molecule has 22 heavy (non-hydrogen) atoms. The van der Waals surface area contributed by atoms with Crippen LogP contribution in [0.1, 0.15) is 0 Å². The Morgan fingerprint density at radius 3 is 1.91 bits per heavy atom. The molecule has 0 radical (unpaired) electrons. The molecule has 0 aliphatic heterocycles. The normalized spacial score (nSPS) is 10.1. The van der Waals surface area contributed by atoms with E-state index in [1.54, 1.807) is 12.1 Å². The van der Waals surface area contributed by atoms with Gasteiger partial charge in [0.05, 0.1) is 0 Å². The average molecular weight is 356 g/mol.